The molecule has 12 rings (SSSR count). The fourth-order valence-corrected chi connectivity index (χ4v) is 13.3. The number of fused-ring (bicyclic) bond motifs is 4. The zero-order valence-corrected chi connectivity index (χ0v) is 56.1. The van der Waals surface area contributed by atoms with Crippen molar-refractivity contribution in [3.8, 4) is 62.0 Å². The predicted molar refractivity (Wildman–Crippen MR) is 349 cm³/mol. The molecule has 0 unspecified atom stereocenters. The Morgan fingerprint density at radius 1 is 0.588 bits per heavy atom. The first-order valence-electron chi connectivity index (χ1n) is 28.7. The second-order valence-corrected chi connectivity index (χ2v) is 40.8. The maximum Gasteiger partial charge on any atom is 3.00 e. The van der Waals surface area contributed by atoms with Crippen LogP contribution in [0.1, 0.15) is 77.3 Å². The van der Waals surface area contributed by atoms with Crippen molar-refractivity contribution in [1.82, 2.24) is 29.5 Å². The molecule has 12 heteroatoms. The molecule has 0 radical (unpaired) electrons. The Bertz CT molecular complexity index is 4130. The van der Waals surface area contributed by atoms with Crippen LogP contribution in [0.3, 0.4) is 0 Å². The molecule has 0 N–H and O–H groups in total. The minimum Gasteiger partial charge on any atom is 3.00 e. The van der Waals surface area contributed by atoms with Gasteiger partial charge in [-0.3, -0.25) is 9.37 Å². The Balaban J connectivity index is 0.000000201. The number of hydrogen-bond acceptors (Lipinski definition) is 6. The van der Waals surface area contributed by atoms with Crippen molar-refractivity contribution in [3.63, 3.8) is 0 Å². The Labute approximate surface area is 516 Å². The predicted octanol–water partition coefficient (Wildman–Crippen LogP) is 18.5. The average Bonchev–Trinajstić information content (AvgIpc) is 1.77. The van der Waals surface area contributed by atoms with Gasteiger partial charge in [-0.1, -0.05) is 146 Å². The van der Waals surface area contributed by atoms with Gasteiger partial charge in [-0.05, 0) is 81.4 Å². The summed E-state index contributed by atoms with van der Waals surface area (Å²) in [6.45, 7) is 22.4. The van der Waals surface area contributed by atoms with E-state index in [9.17, 15) is 8.78 Å². The number of imidazole rings is 1. The molecule has 0 fully saturated rings. The van der Waals surface area contributed by atoms with Crippen molar-refractivity contribution < 1.29 is 33.3 Å². The first-order chi connectivity index (χ1) is 40.0. The molecule has 0 atom stereocenters. The quantitative estimate of drug-likeness (QED) is 0.100. The molecule has 0 saturated carbocycles. The minimum atomic E-state index is -1.79. The molecule has 0 aliphatic heterocycles. The Hall–Kier alpha value is -7.54. The maximum atomic E-state index is 12.8. The number of furan rings is 1. The van der Waals surface area contributed by atoms with Gasteiger partial charge in [0.2, 0.25) is 0 Å². The molecular formula is C73H71F2GeIrN6OSi. The first kappa shape index (κ1) is 62.0. The van der Waals surface area contributed by atoms with E-state index in [1.54, 1.807) is 12.1 Å². The summed E-state index contributed by atoms with van der Waals surface area (Å²) < 4.78 is 36.1. The van der Waals surface area contributed by atoms with E-state index in [0.29, 0.717) is 0 Å². The third kappa shape index (κ3) is 13.9. The molecule has 0 aliphatic carbocycles. The van der Waals surface area contributed by atoms with E-state index < -0.39 is 21.3 Å². The normalized spacial score (nSPS) is 11.8. The van der Waals surface area contributed by atoms with E-state index in [1.807, 2.05) is 42.9 Å². The van der Waals surface area contributed by atoms with Gasteiger partial charge in [0.25, 0.3) is 0 Å². The van der Waals surface area contributed by atoms with Crippen molar-refractivity contribution in [2.75, 3.05) is 0 Å². The van der Waals surface area contributed by atoms with E-state index in [4.69, 9.17) is 14.4 Å². The van der Waals surface area contributed by atoms with Crippen LogP contribution in [0.25, 0.3) is 94.9 Å². The van der Waals surface area contributed by atoms with Crippen molar-refractivity contribution in [3.05, 3.63) is 229 Å². The number of nitrogens with zero attached hydrogens (tertiary/aromatic N) is 6. The van der Waals surface area contributed by atoms with Crippen LogP contribution in [0.4, 0.5) is 8.78 Å². The smallest absolute Gasteiger partial charge is 3.00 e. The third-order valence-electron chi connectivity index (χ3n) is 14.9. The zero-order chi connectivity index (χ0) is 59.7. The fraction of sp³-hybridized carbons (Fsp3) is 0.219. The van der Waals surface area contributed by atoms with Crippen LogP contribution in [-0.4, -0.2) is 50.8 Å². The number of aromatic nitrogens is 6. The van der Waals surface area contributed by atoms with Gasteiger partial charge in [0.15, 0.2) is 0 Å². The van der Waals surface area contributed by atoms with Crippen molar-refractivity contribution in [2.45, 2.75) is 103 Å². The van der Waals surface area contributed by atoms with Crippen LogP contribution >= 0.6 is 0 Å². The molecule has 0 saturated heterocycles. The summed E-state index contributed by atoms with van der Waals surface area (Å²) in [7, 11) is -1.30. The van der Waals surface area contributed by atoms with Gasteiger partial charge in [-0.25, -0.2) is 9.97 Å². The van der Waals surface area contributed by atoms with Gasteiger partial charge in [0, 0.05) is 40.3 Å². The van der Waals surface area contributed by atoms with E-state index >= 15 is 0 Å². The SMILES string of the molecule is CC(C)c1cc(-c2ccccc2)cc(C(C)C)c1-n1c(-c2[c-]ccc3c2oc2cc(-c4ccnc(C(C)(C)C)n4)ccc23)nc2ccccc21.C[Si](C)(C)c1ccc(-c2[c-]cc(F)cc2)nc1.[CH3][Ge]([CH3])([CH3])[c]1ccc(-c2[c-]cc(F)cc2)nc1.[Ir+3]. The molecule has 430 valence electrons. The van der Waals surface area contributed by atoms with E-state index in [2.05, 4.69) is 226 Å². The summed E-state index contributed by atoms with van der Waals surface area (Å²) in [6.07, 6.45) is 5.72. The van der Waals surface area contributed by atoms with E-state index in [0.717, 1.165) is 84.0 Å². The number of para-hydroxylation sites is 2. The standard InChI is InChI=1S/C45H41N4O.C14H15FGeN.C14H15FNSi.Ir/c1-27(2)35-24-31(29-14-9-8-10-15-29)25-36(28(3)4)41(35)49-39-19-12-11-18-38(39)47-43(49)34-17-13-16-33-32-21-20-30(26-40(32)50-42(33)34)37-22-23-46-44(48-37)45(5,6)7;1-16(2,3)13-8-9-14(17-10-13)11-4-6-12(15)7-5-11;1-17(2,3)13-8-9-14(16-10-13)11-4-6-12(15)7-5-11;/h8-16,18-28H,1-7H3;2*4,6-10H,1-3H3;/q3*-1;+3. The number of halogens is 2. The summed E-state index contributed by atoms with van der Waals surface area (Å²) in [5, 5.41) is 3.40. The fourth-order valence-electron chi connectivity index (χ4n) is 10.1. The van der Waals surface area contributed by atoms with Crippen LogP contribution in [0.15, 0.2) is 187 Å². The van der Waals surface area contributed by atoms with Crippen LogP contribution in [0, 0.1) is 29.8 Å². The molecule has 5 aromatic heterocycles. The van der Waals surface area contributed by atoms with Crippen molar-refractivity contribution >= 4 is 63.9 Å². The van der Waals surface area contributed by atoms with E-state index in [-0.39, 0.29) is 49.0 Å². The van der Waals surface area contributed by atoms with Gasteiger partial charge in [-0.15, -0.1) is 48.0 Å². The number of benzene rings is 7. The molecule has 7 nitrogen and oxygen atoms in total. The Morgan fingerprint density at radius 3 is 1.76 bits per heavy atom. The van der Waals surface area contributed by atoms with Crippen molar-refractivity contribution in [2.24, 2.45) is 0 Å². The topological polar surface area (TPSA) is 82.5 Å². The summed E-state index contributed by atoms with van der Waals surface area (Å²) in [5.74, 6) is 8.63. The van der Waals surface area contributed by atoms with Gasteiger partial charge in [-0.2, -0.15) is 0 Å². The van der Waals surface area contributed by atoms with Gasteiger partial charge < -0.3 is 14.0 Å². The monoisotopic (exact) mass is 1380 g/mol. The van der Waals surface area contributed by atoms with E-state index in [1.165, 1.54) is 61.8 Å². The van der Waals surface area contributed by atoms with Crippen LogP contribution in [0.5, 0.6) is 0 Å². The van der Waals surface area contributed by atoms with Crippen LogP contribution in [0.2, 0.25) is 36.9 Å². The van der Waals surface area contributed by atoms with Gasteiger partial charge in [0.05, 0.1) is 36.2 Å². The number of hydrogen-bond donors (Lipinski definition) is 0. The minimum absolute atomic E-state index is 0. The Kier molecular flexibility index (Phi) is 18.7. The second kappa shape index (κ2) is 25.6. The zero-order valence-electron chi connectivity index (χ0n) is 50.7. The molecule has 0 spiro atoms. The van der Waals surface area contributed by atoms with Crippen LogP contribution in [-0.2, 0) is 25.5 Å². The number of pyridine rings is 2. The summed E-state index contributed by atoms with van der Waals surface area (Å²) in [6, 6.07) is 62.7. The summed E-state index contributed by atoms with van der Waals surface area (Å²) in [4.78, 5) is 23.6. The first-order valence-corrected chi connectivity index (χ1v) is 39.6. The third-order valence-corrected chi connectivity index (χ3v) is 21.2. The maximum absolute atomic E-state index is 12.8. The number of rotatable bonds is 10. The van der Waals surface area contributed by atoms with Gasteiger partial charge in [0.1, 0.15) is 11.4 Å². The molecule has 7 aromatic carbocycles. The molecule has 0 aliphatic rings. The van der Waals surface area contributed by atoms with Crippen LogP contribution < -0.4 is 9.58 Å². The molecule has 12 aromatic rings. The average molecular weight is 1380 g/mol. The molecule has 85 heavy (non-hydrogen) atoms. The van der Waals surface area contributed by atoms with Gasteiger partial charge >= 0.3 is 124 Å². The molecule has 0 amide bonds. The molecule has 5 heterocycles. The molecule has 0 bridgehead atoms. The second-order valence-electron chi connectivity index (χ2n) is 25.1. The summed E-state index contributed by atoms with van der Waals surface area (Å²) >= 11 is -1.79. The Morgan fingerprint density at radius 2 is 1.21 bits per heavy atom. The molecular weight excluding hydrogens is 1310 g/mol. The summed E-state index contributed by atoms with van der Waals surface area (Å²) in [5.41, 5.74) is 15.6. The van der Waals surface area contributed by atoms with Crippen molar-refractivity contribution in [1.29, 1.82) is 0 Å². The largest absolute Gasteiger partial charge is 3.00 e.